The minimum atomic E-state index is -4.08. The minimum Gasteiger partial charge on any atom is -0.490 e. The lowest BCUT2D eigenvalue weighted by atomic mass is 9.68. The van der Waals surface area contributed by atoms with Crippen LogP contribution in [0.25, 0.3) is 0 Å². The highest BCUT2D eigenvalue weighted by atomic mass is 35.5. The number of hydrogen-bond donors (Lipinski definition) is 3. The Balaban J connectivity index is 1.42. The van der Waals surface area contributed by atoms with Crippen LogP contribution >= 0.6 is 11.6 Å². The topological polar surface area (TPSA) is 108 Å². The van der Waals surface area contributed by atoms with Crippen LogP contribution in [0.4, 0.5) is 5.69 Å². The number of anilines is 1. The van der Waals surface area contributed by atoms with Crippen molar-refractivity contribution in [1.82, 2.24) is 9.44 Å². The van der Waals surface area contributed by atoms with Gasteiger partial charge < -0.3 is 14.7 Å². The van der Waals surface area contributed by atoms with Crippen molar-refractivity contribution < 1.29 is 23.1 Å². The summed E-state index contributed by atoms with van der Waals surface area (Å²) in [5, 5.41) is 11.7. The van der Waals surface area contributed by atoms with E-state index in [2.05, 4.69) is 26.5 Å². The zero-order chi connectivity index (χ0) is 28.1. The Morgan fingerprint density at radius 3 is 2.83 bits per heavy atom. The first kappa shape index (κ1) is 27.6. The number of nitrogens with zero attached hydrogens (tertiary/aromatic N) is 1. The van der Waals surface area contributed by atoms with Crippen LogP contribution in [0.1, 0.15) is 60.5 Å². The number of rotatable bonds is 0. The molecular weight excluding hydrogens is 550 g/mol. The Hall–Kier alpha value is -2.59. The van der Waals surface area contributed by atoms with Crippen LogP contribution in [0.5, 0.6) is 5.75 Å². The minimum absolute atomic E-state index is 0.114. The molecule has 1 amide bonds. The van der Waals surface area contributed by atoms with Gasteiger partial charge in [-0.2, -0.15) is 13.1 Å². The second-order valence-electron chi connectivity index (χ2n) is 11.9. The molecule has 1 spiro atoms. The van der Waals surface area contributed by atoms with Crippen LogP contribution < -0.4 is 19.1 Å². The zero-order valence-electron chi connectivity index (χ0n) is 22.6. The third-order valence-corrected chi connectivity index (χ3v) is 10.5. The van der Waals surface area contributed by atoms with Crippen molar-refractivity contribution in [2.75, 3.05) is 24.6 Å². The van der Waals surface area contributed by atoms with Crippen molar-refractivity contribution in [3.63, 3.8) is 0 Å². The predicted octanol–water partition coefficient (Wildman–Crippen LogP) is 4.11. The molecule has 214 valence electrons. The Bertz CT molecular complexity index is 1450. The summed E-state index contributed by atoms with van der Waals surface area (Å²) in [5.74, 6) is 0.362. The van der Waals surface area contributed by atoms with Crippen molar-refractivity contribution in [3.05, 3.63) is 70.3 Å². The van der Waals surface area contributed by atoms with Gasteiger partial charge >= 0.3 is 10.2 Å². The first-order chi connectivity index (χ1) is 19.1. The van der Waals surface area contributed by atoms with Crippen LogP contribution in [0.2, 0.25) is 5.02 Å². The van der Waals surface area contributed by atoms with E-state index in [9.17, 15) is 18.3 Å². The molecule has 1 fully saturated rings. The molecule has 0 unspecified atom stereocenters. The lowest BCUT2D eigenvalue weighted by molar-refractivity contribution is 0.0456. The average molecular weight is 586 g/mol. The highest BCUT2D eigenvalue weighted by Crippen LogP contribution is 2.46. The number of hydrogen-bond acceptors (Lipinski definition) is 6. The molecule has 2 bridgehead atoms. The van der Waals surface area contributed by atoms with E-state index in [-0.39, 0.29) is 22.8 Å². The Morgan fingerprint density at radius 1 is 1.18 bits per heavy atom. The fourth-order valence-corrected chi connectivity index (χ4v) is 8.14. The van der Waals surface area contributed by atoms with Crippen LogP contribution in [0.3, 0.4) is 0 Å². The van der Waals surface area contributed by atoms with Gasteiger partial charge in [0, 0.05) is 35.1 Å². The number of ether oxygens (including phenoxy) is 1. The van der Waals surface area contributed by atoms with Gasteiger partial charge in [0.05, 0.1) is 18.4 Å². The Kier molecular flexibility index (Phi) is 7.36. The number of carbonyl (C=O) groups excluding carboxylic acids is 1. The van der Waals surface area contributed by atoms with Crippen LogP contribution in [0.15, 0.2) is 48.6 Å². The molecular formula is C30H36ClN3O5S. The fraction of sp³-hybridized carbons (Fsp3) is 0.500. The third kappa shape index (κ3) is 5.36. The predicted molar refractivity (Wildman–Crippen MR) is 155 cm³/mol. The largest absolute Gasteiger partial charge is 0.490 e. The van der Waals surface area contributed by atoms with Gasteiger partial charge in [0.25, 0.3) is 5.91 Å². The monoisotopic (exact) mass is 585 g/mol. The van der Waals surface area contributed by atoms with E-state index < -0.39 is 28.3 Å². The third-order valence-electron chi connectivity index (χ3n) is 9.08. The molecule has 3 N–H and O–H groups in total. The molecule has 6 rings (SSSR count). The van der Waals surface area contributed by atoms with Gasteiger partial charge in [0.15, 0.2) is 0 Å². The maximum absolute atomic E-state index is 13.1. The van der Waals surface area contributed by atoms with Crippen LogP contribution in [-0.2, 0) is 22.0 Å². The summed E-state index contributed by atoms with van der Waals surface area (Å²) in [4.78, 5) is 15.4. The van der Waals surface area contributed by atoms with E-state index in [0.717, 1.165) is 42.8 Å². The van der Waals surface area contributed by atoms with Crippen molar-refractivity contribution in [2.45, 2.75) is 63.0 Å². The van der Waals surface area contributed by atoms with E-state index in [1.54, 1.807) is 31.2 Å². The zero-order valence-corrected chi connectivity index (χ0v) is 24.2. The normalized spacial score (nSPS) is 32.5. The molecule has 1 saturated carbocycles. The molecule has 4 aliphatic rings. The number of carbonyl (C=O) groups is 1. The lowest BCUT2D eigenvalue weighted by Gasteiger charge is -2.45. The van der Waals surface area contributed by atoms with Gasteiger partial charge in [-0.3, -0.25) is 4.79 Å². The van der Waals surface area contributed by atoms with E-state index in [0.29, 0.717) is 31.9 Å². The van der Waals surface area contributed by atoms with Gasteiger partial charge in [-0.1, -0.05) is 29.8 Å². The quantitative estimate of drug-likeness (QED) is 0.402. The van der Waals surface area contributed by atoms with Crippen molar-refractivity contribution in [1.29, 1.82) is 0 Å². The summed E-state index contributed by atoms with van der Waals surface area (Å²) < 4.78 is 36.5. The number of fused-ring (bicyclic) bond motifs is 4. The molecule has 10 heteroatoms. The first-order valence-corrected chi connectivity index (χ1v) is 16.0. The SMILES string of the molecule is C[C@H]1C/C=C/[C@H](O)[C@@H]2CC[C@H]2CN2C[C@@]3(CCCc4cc(Cl)ccc43)COc3ccc(cc32)C(=O)NS(=O)(=O)N1. The summed E-state index contributed by atoms with van der Waals surface area (Å²) in [6, 6.07) is 10.8. The molecule has 5 atom stereocenters. The molecule has 2 aromatic carbocycles. The van der Waals surface area contributed by atoms with Crippen molar-refractivity contribution in [2.24, 2.45) is 11.8 Å². The Morgan fingerprint density at radius 2 is 2.02 bits per heavy atom. The maximum atomic E-state index is 13.1. The summed E-state index contributed by atoms with van der Waals surface area (Å²) in [6.45, 7) is 3.61. The molecule has 2 heterocycles. The molecule has 0 aromatic heterocycles. The molecule has 0 saturated heterocycles. The summed E-state index contributed by atoms with van der Waals surface area (Å²) in [5.41, 5.74) is 3.25. The van der Waals surface area contributed by atoms with E-state index in [4.69, 9.17) is 16.3 Å². The van der Waals surface area contributed by atoms with Gasteiger partial charge in [0.1, 0.15) is 5.75 Å². The van der Waals surface area contributed by atoms with Crippen molar-refractivity contribution >= 4 is 33.4 Å². The van der Waals surface area contributed by atoms with Gasteiger partial charge in [-0.25, -0.2) is 4.72 Å². The number of nitrogens with one attached hydrogen (secondary N) is 2. The first-order valence-electron chi connectivity index (χ1n) is 14.1. The number of aliphatic hydroxyl groups is 1. The second-order valence-corrected chi connectivity index (χ2v) is 13.8. The number of aliphatic hydroxyl groups excluding tert-OH is 1. The van der Waals surface area contributed by atoms with E-state index >= 15 is 0 Å². The maximum Gasteiger partial charge on any atom is 0.301 e. The fourth-order valence-electron chi connectivity index (χ4n) is 6.90. The van der Waals surface area contributed by atoms with Crippen molar-refractivity contribution in [3.8, 4) is 5.75 Å². The molecule has 2 aliphatic carbocycles. The summed E-state index contributed by atoms with van der Waals surface area (Å²) in [7, 11) is -4.08. The van der Waals surface area contributed by atoms with Gasteiger partial charge in [-0.05, 0) is 98.7 Å². The molecule has 0 radical (unpaired) electrons. The summed E-state index contributed by atoms with van der Waals surface area (Å²) >= 11 is 6.36. The number of amides is 1. The highest BCUT2D eigenvalue weighted by molar-refractivity contribution is 7.88. The molecule has 40 heavy (non-hydrogen) atoms. The average Bonchev–Trinajstić information content (AvgIpc) is 3.02. The van der Waals surface area contributed by atoms with Gasteiger partial charge in [0.2, 0.25) is 0 Å². The van der Waals surface area contributed by atoms with Gasteiger partial charge in [-0.15, -0.1) is 0 Å². The Labute approximate surface area is 240 Å². The molecule has 2 aromatic rings. The summed E-state index contributed by atoms with van der Waals surface area (Å²) in [6.07, 6.45) is 8.30. The molecule has 8 nitrogen and oxygen atoms in total. The lowest BCUT2D eigenvalue weighted by Crippen LogP contribution is -2.49. The smallest absolute Gasteiger partial charge is 0.301 e. The standard InChI is InChI=1S/C30H36ClN3O5S/c1-19-4-2-6-27(35)24-10-7-22(24)16-34-17-30(13-3-5-20-14-23(31)9-11-25(20)30)18-39-28-12-8-21(15-26(28)34)29(36)33-40(37,38)32-19/h2,6,8-9,11-12,14-15,19,22,24,27,32,35H,3-5,7,10,13,16-18H2,1H3,(H,33,36)/b6-2+/t19-,22-,24+,27-,30-/m0/s1. The van der Waals surface area contributed by atoms with Crippen LogP contribution in [0, 0.1) is 11.8 Å². The number of benzene rings is 2. The second kappa shape index (κ2) is 10.7. The number of halogens is 1. The van der Waals surface area contributed by atoms with Crippen LogP contribution in [-0.4, -0.2) is 51.3 Å². The van der Waals surface area contributed by atoms with E-state index in [1.165, 1.54) is 11.1 Å². The molecule has 2 aliphatic heterocycles. The van der Waals surface area contributed by atoms with E-state index in [1.807, 2.05) is 12.1 Å². The highest BCUT2D eigenvalue weighted by Gasteiger charge is 2.44. The number of aryl methyl sites for hydroxylation is 1.